The lowest BCUT2D eigenvalue weighted by atomic mass is 10.3. The largest absolute Gasteiger partial charge is 0.370 e. The smallest absolute Gasteiger partial charge is 0.218 e. The first-order chi connectivity index (χ1) is 5.70. The Labute approximate surface area is 74.9 Å². The average molecular weight is 172 g/mol. The molecule has 0 aliphatic carbocycles. The van der Waals surface area contributed by atoms with Crippen molar-refractivity contribution in [3.63, 3.8) is 0 Å². The number of amides is 1. The number of rotatable bonds is 7. The highest BCUT2D eigenvalue weighted by Crippen LogP contribution is 1.95. The first-order valence-corrected chi connectivity index (χ1v) is 4.71. The van der Waals surface area contributed by atoms with E-state index in [0.717, 1.165) is 32.5 Å². The number of carbonyl (C=O) groups excluding carboxylic acids is 1. The molecule has 0 saturated heterocycles. The van der Waals surface area contributed by atoms with Gasteiger partial charge in [0.05, 0.1) is 0 Å². The van der Waals surface area contributed by atoms with Gasteiger partial charge in [-0.05, 0) is 25.9 Å². The van der Waals surface area contributed by atoms with Crippen LogP contribution in [0.5, 0.6) is 0 Å². The van der Waals surface area contributed by atoms with Crippen molar-refractivity contribution in [1.29, 1.82) is 0 Å². The summed E-state index contributed by atoms with van der Waals surface area (Å²) in [6, 6.07) is 0. The van der Waals surface area contributed by atoms with E-state index in [1.54, 1.807) is 0 Å². The maximum absolute atomic E-state index is 10.5. The SMILES string of the molecule is CCCN(CCC)CCC(N)=O. The van der Waals surface area contributed by atoms with E-state index in [4.69, 9.17) is 5.73 Å². The number of hydrogen-bond acceptors (Lipinski definition) is 2. The Morgan fingerprint density at radius 3 is 2.00 bits per heavy atom. The van der Waals surface area contributed by atoms with Crippen molar-refractivity contribution in [2.45, 2.75) is 33.1 Å². The molecule has 0 atom stereocenters. The molecule has 0 fully saturated rings. The van der Waals surface area contributed by atoms with Crippen LogP contribution in [0.4, 0.5) is 0 Å². The Kier molecular flexibility index (Phi) is 6.76. The number of hydrogen-bond donors (Lipinski definition) is 1. The predicted molar refractivity (Wildman–Crippen MR) is 50.8 cm³/mol. The summed E-state index contributed by atoms with van der Waals surface area (Å²) in [4.78, 5) is 12.8. The molecule has 0 radical (unpaired) electrons. The van der Waals surface area contributed by atoms with E-state index >= 15 is 0 Å². The summed E-state index contributed by atoms with van der Waals surface area (Å²) >= 11 is 0. The summed E-state index contributed by atoms with van der Waals surface area (Å²) in [6.45, 7) is 7.25. The maximum atomic E-state index is 10.5. The molecule has 3 heteroatoms. The maximum Gasteiger partial charge on any atom is 0.218 e. The van der Waals surface area contributed by atoms with E-state index in [2.05, 4.69) is 18.7 Å². The normalized spacial score (nSPS) is 10.6. The van der Waals surface area contributed by atoms with Crippen LogP contribution in [-0.4, -0.2) is 30.4 Å². The molecule has 0 saturated carbocycles. The molecule has 0 rings (SSSR count). The van der Waals surface area contributed by atoms with Crippen LogP contribution in [0, 0.1) is 0 Å². The van der Waals surface area contributed by atoms with Gasteiger partial charge >= 0.3 is 0 Å². The topological polar surface area (TPSA) is 46.3 Å². The molecule has 0 unspecified atom stereocenters. The molecule has 72 valence electrons. The third-order valence-corrected chi connectivity index (χ3v) is 1.75. The predicted octanol–water partition coefficient (Wildman–Crippen LogP) is 0.984. The van der Waals surface area contributed by atoms with Crippen LogP contribution in [0.25, 0.3) is 0 Å². The summed E-state index contributed by atoms with van der Waals surface area (Å²) in [5.41, 5.74) is 5.07. The molecule has 0 aliphatic heterocycles. The zero-order valence-electron chi connectivity index (χ0n) is 8.18. The second-order valence-corrected chi connectivity index (χ2v) is 3.06. The molecule has 2 N–H and O–H groups in total. The number of carbonyl (C=O) groups is 1. The first-order valence-electron chi connectivity index (χ1n) is 4.71. The van der Waals surface area contributed by atoms with Gasteiger partial charge in [-0.15, -0.1) is 0 Å². The quantitative estimate of drug-likeness (QED) is 0.622. The van der Waals surface area contributed by atoms with Gasteiger partial charge in [-0.1, -0.05) is 13.8 Å². The Balaban J connectivity index is 3.54. The average Bonchev–Trinajstić information content (AvgIpc) is 2.01. The molecule has 0 aliphatic rings. The lowest BCUT2D eigenvalue weighted by Crippen LogP contribution is -2.29. The fourth-order valence-corrected chi connectivity index (χ4v) is 1.24. The van der Waals surface area contributed by atoms with E-state index < -0.39 is 0 Å². The van der Waals surface area contributed by atoms with E-state index in [-0.39, 0.29) is 5.91 Å². The molecular weight excluding hydrogens is 152 g/mol. The van der Waals surface area contributed by atoms with Gasteiger partial charge in [-0.3, -0.25) is 4.79 Å². The Bertz CT molecular complexity index is 120. The first kappa shape index (κ1) is 11.4. The Morgan fingerprint density at radius 2 is 1.67 bits per heavy atom. The Morgan fingerprint density at radius 1 is 1.17 bits per heavy atom. The zero-order valence-corrected chi connectivity index (χ0v) is 8.18. The molecule has 0 aromatic rings. The van der Waals surface area contributed by atoms with Gasteiger partial charge in [0, 0.05) is 13.0 Å². The monoisotopic (exact) mass is 172 g/mol. The fourth-order valence-electron chi connectivity index (χ4n) is 1.24. The zero-order chi connectivity index (χ0) is 9.40. The van der Waals surface area contributed by atoms with Crippen LogP contribution in [0.3, 0.4) is 0 Å². The second-order valence-electron chi connectivity index (χ2n) is 3.06. The van der Waals surface area contributed by atoms with Crippen LogP contribution in [0.2, 0.25) is 0 Å². The highest BCUT2D eigenvalue weighted by molar-refractivity contribution is 5.73. The summed E-state index contributed by atoms with van der Waals surface area (Å²) in [5, 5.41) is 0. The summed E-state index contributed by atoms with van der Waals surface area (Å²) < 4.78 is 0. The van der Waals surface area contributed by atoms with Gasteiger partial charge < -0.3 is 10.6 Å². The lowest BCUT2D eigenvalue weighted by Gasteiger charge is -2.19. The highest BCUT2D eigenvalue weighted by atomic mass is 16.1. The summed E-state index contributed by atoms with van der Waals surface area (Å²) in [7, 11) is 0. The van der Waals surface area contributed by atoms with E-state index in [1.165, 1.54) is 0 Å². The lowest BCUT2D eigenvalue weighted by molar-refractivity contribution is -0.118. The molecule has 1 amide bonds. The molecule has 0 aromatic heterocycles. The van der Waals surface area contributed by atoms with Crippen LogP contribution in [0.1, 0.15) is 33.1 Å². The van der Waals surface area contributed by atoms with E-state index in [9.17, 15) is 4.79 Å². The van der Waals surface area contributed by atoms with Gasteiger partial charge in [0.15, 0.2) is 0 Å². The van der Waals surface area contributed by atoms with Crippen molar-refractivity contribution in [2.24, 2.45) is 5.73 Å². The van der Waals surface area contributed by atoms with Crippen molar-refractivity contribution < 1.29 is 4.79 Å². The highest BCUT2D eigenvalue weighted by Gasteiger charge is 2.03. The Hall–Kier alpha value is -0.570. The molecule has 3 nitrogen and oxygen atoms in total. The van der Waals surface area contributed by atoms with Crippen molar-refractivity contribution >= 4 is 5.91 Å². The van der Waals surface area contributed by atoms with Gasteiger partial charge in [-0.25, -0.2) is 0 Å². The standard InChI is InChI=1S/C9H20N2O/c1-3-6-11(7-4-2)8-5-9(10)12/h3-8H2,1-2H3,(H2,10,12). The molecule has 0 heterocycles. The van der Waals surface area contributed by atoms with E-state index in [0.29, 0.717) is 6.42 Å². The minimum absolute atomic E-state index is 0.202. The molecule has 0 bridgehead atoms. The van der Waals surface area contributed by atoms with Crippen molar-refractivity contribution in [2.75, 3.05) is 19.6 Å². The fraction of sp³-hybridized carbons (Fsp3) is 0.889. The van der Waals surface area contributed by atoms with Crippen molar-refractivity contribution in [3.8, 4) is 0 Å². The van der Waals surface area contributed by atoms with Crippen LogP contribution in [-0.2, 0) is 4.79 Å². The van der Waals surface area contributed by atoms with Gasteiger partial charge in [0.25, 0.3) is 0 Å². The number of primary amides is 1. The van der Waals surface area contributed by atoms with Gasteiger partial charge in [0.2, 0.25) is 5.91 Å². The summed E-state index contributed by atoms with van der Waals surface area (Å²) in [6.07, 6.45) is 2.76. The van der Waals surface area contributed by atoms with Crippen LogP contribution < -0.4 is 5.73 Å². The van der Waals surface area contributed by atoms with Gasteiger partial charge in [0.1, 0.15) is 0 Å². The molecular formula is C9H20N2O. The third kappa shape index (κ3) is 6.16. The van der Waals surface area contributed by atoms with Crippen LogP contribution >= 0.6 is 0 Å². The van der Waals surface area contributed by atoms with Gasteiger partial charge in [-0.2, -0.15) is 0 Å². The molecule has 12 heavy (non-hydrogen) atoms. The summed E-state index contributed by atoms with van der Waals surface area (Å²) in [5.74, 6) is -0.202. The number of nitrogens with zero attached hydrogens (tertiary/aromatic N) is 1. The number of nitrogens with two attached hydrogens (primary N) is 1. The van der Waals surface area contributed by atoms with Crippen molar-refractivity contribution in [1.82, 2.24) is 4.90 Å². The minimum atomic E-state index is -0.202. The van der Waals surface area contributed by atoms with Crippen molar-refractivity contribution in [3.05, 3.63) is 0 Å². The third-order valence-electron chi connectivity index (χ3n) is 1.75. The minimum Gasteiger partial charge on any atom is -0.370 e. The van der Waals surface area contributed by atoms with Crippen LogP contribution in [0.15, 0.2) is 0 Å². The second kappa shape index (κ2) is 7.10. The van der Waals surface area contributed by atoms with E-state index in [1.807, 2.05) is 0 Å². The molecule has 0 spiro atoms. The molecule has 0 aromatic carbocycles.